The van der Waals surface area contributed by atoms with Crippen LogP contribution in [-0.2, 0) is 16.0 Å². The zero-order valence-corrected chi connectivity index (χ0v) is 13.3. The molecule has 1 saturated carbocycles. The van der Waals surface area contributed by atoms with Gasteiger partial charge in [0.25, 0.3) is 0 Å². The van der Waals surface area contributed by atoms with Crippen molar-refractivity contribution in [3.8, 4) is 0 Å². The van der Waals surface area contributed by atoms with Gasteiger partial charge in [-0.1, -0.05) is 19.1 Å². The first kappa shape index (κ1) is 15.8. The summed E-state index contributed by atoms with van der Waals surface area (Å²) in [6.45, 7) is 5.05. The van der Waals surface area contributed by atoms with Crippen LogP contribution >= 0.6 is 0 Å². The summed E-state index contributed by atoms with van der Waals surface area (Å²) < 4.78 is 5.18. The number of ether oxygens (including phenoxy) is 1. The van der Waals surface area contributed by atoms with E-state index < -0.39 is 0 Å². The second-order valence-electron chi connectivity index (χ2n) is 5.65. The Morgan fingerprint density at radius 1 is 1.33 bits per heavy atom. The van der Waals surface area contributed by atoms with Crippen LogP contribution in [0.5, 0.6) is 0 Å². The average molecular weight is 290 g/mol. The molecule has 1 atom stereocenters. The topological polar surface area (TPSA) is 41.6 Å². The fourth-order valence-corrected chi connectivity index (χ4v) is 2.34. The molecule has 0 radical (unpaired) electrons. The van der Waals surface area contributed by atoms with Gasteiger partial charge in [-0.2, -0.15) is 0 Å². The summed E-state index contributed by atoms with van der Waals surface area (Å²) in [6.07, 6.45) is 3.36. The van der Waals surface area contributed by atoms with Gasteiger partial charge in [0, 0.05) is 25.3 Å². The highest BCUT2D eigenvalue weighted by Gasteiger charge is 2.30. The molecule has 0 saturated heterocycles. The third-order valence-corrected chi connectivity index (χ3v) is 3.83. The van der Waals surface area contributed by atoms with Crippen molar-refractivity contribution in [1.29, 1.82) is 0 Å². The lowest BCUT2D eigenvalue weighted by molar-refractivity contribution is -0.145. The number of esters is 1. The van der Waals surface area contributed by atoms with E-state index in [0.29, 0.717) is 19.2 Å². The molecule has 21 heavy (non-hydrogen) atoms. The van der Waals surface area contributed by atoms with Crippen molar-refractivity contribution in [2.45, 2.75) is 45.2 Å². The lowest BCUT2D eigenvalue weighted by Crippen LogP contribution is -2.47. The van der Waals surface area contributed by atoms with Crippen molar-refractivity contribution in [1.82, 2.24) is 5.32 Å². The Morgan fingerprint density at radius 2 is 2.00 bits per heavy atom. The summed E-state index contributed by atoms with van der Waals surface area (Å²) in [5.74, 6) is -0.151. The highest BCUT2D eigenvalue weighted by atomic mass is 16.5. The largest absolute Gasteiger partial charge is 0.465 e. The number of likely N-dealkylation sites (N-methyl/N-ethyl adjacent to an activating group) is 1. The number of benzene rings is 1. The van der Waals surface area contributed by atoms with Gasteiger partial charge in [0.15, 0.2) is 0 Å². The molecular weight excluding hydrogens is 264 g/mol. The minimum Gasteiger partial charge on any atom is -0.465 e. The van der Waals surface area contributed by atoms with Gasteiger partial charge in [0.2, 0.25) is 0 Å². The Labute approximate surface area is 127 Å². The lowest BCUT2D eigenvalue weighted by atomic mass is 10.1. The quantitative estimate of drug-likeness (QED) is 0.746. The van der Waals surface area contributed by atoms with Crippen molar-refractivity contribution in [3.05, 3.63) is 29.8 Å². The van der Waals surface area contributed by atoms with Gasteiger partial charge < -0.3 is 15.0 Å². The number of rotatable bonds is 8. The number of hydrogen-bond acceptors (Lipinski definition) is 4. The number of carbonyl (C=O) groups is 1. The number of aryl methyl sites for hydroxylation is 1. The van der Waals surface area contributed by atoms with Gasteiger partial charge in [-0.15, -0.1) is 0 Å². The molecule has 1 unspecified atom stereocenters. The van der Waals surface area contributed by atoms with Crippen LogP contribution < -0.4 is 10.2 Å². The van der Waals surface area contributed by atoms with Crippen molar-refractivity contribution in [2.75, 3.05) is 25.1 Å². The van der Waals surface area contributed by atoms with Crippen LogP contribution in [0.15, 0.2) is 24.3 Å². The molecule has 1 aliphatic rings. The van der Waals surface area contributed by atoms with Crippen LogP contribution in [0.25, 0.3) is 0 Å². The average Bonchev–Trinajstić information content (AvgIpc) is 3.31. The van der Waals surface area contributed by atoms with Crippen LogP contribution in [0.4, 0.5) is 5.69 Å². The van der Waals surface area contributed by atoms with Crippen LogP contribution in [0.3, 0.4) is 0 Å². The van der Waals surface area contributed by atoms with Gasteiger partial charge in [-0.3, -0.25) is 4.79 Å². The van der Waals surface area contributed by atoms with E-state index in [1.807, 2.05) is 14.0 Å². The molecule has 0 amide bonds. The molecule has 116 valence electrons. The van der Waals surface area contributed by atoms with Crippen molar-refractivity contribution < 1.29 is 9.53 Å². The number of carbonyl (C=O) groups excluding carboxylic acids is 1. The molecule has 1 aliphatic carbocycles. The zero-order chi connectivity index (χ0) is 15.2. The molecule has 1 fully saturated rings. The van der Waals surface area contributed by atoms with E-state index >= 15 is 0 Å². The van der Waals surface area contributed by atoms with E-state index in [2.05, 4.69) is 41.4 Å². The molecule has 0 heterocycles. The van der Waals surface area contributed by atoms with Crippen LogP contribution in [-0.4, -0.2) is 38.3 Å². The normalized spacial score (nSPS) is 15.6. The number of nitrogens with zero attached hydrogens (tertiary/aromatic N) is 1. The first-order chi connectivity index (χ1) is 10.1. The summed E-state index contributed by atoms with van der Waals surface area (Å²) in [7, 11) is 2.02. The van der Waals surface area contributed by atoms with Gasteiger partial charge in [-0.05, 0) is 43.9 Å². The van der Waals surface area contributed by atoms with E-state index in [9.17, 15) is 4.79 Å². The fraction of sp³-hybridized carbons (Fsp3) is 0.588. The SMILES string of the molecule is CCOC(=O)C(CN(C)c1ccc(CC)cc1)NC1CC1. The molecule has 4 nitrogen and oxygen atoms in total. The van der Waals surface area contributed by atoms with Gasteiger partial charge in [-0.25, -0.2) is 0 Å². The Bertz CT molecular complexity index is 454. The Hall–Kier alpha value is -1.55. The summed E-state index contributed by atoms with van der Waals surface area (Å²) in [5.41, 5.74) is 2.45. The van der Waals surface area contributed by atoms with E-state index in [4.69, 9.17) is 4.74 Å². The molecule has 0 aromatic heterocycles. The Morgan fingerprint density at radius 3 is 2.52 bits per heavy atom. The smallest absolute Gasteiger partial charge is 0.324 e. The molecule has 0 spiro atoms. The highest BCUT2D eigenvalue weighted by Crippen LogP contribution is 2.21. The number of nitrogens with one attached hydrogen (secondary N) is 1. The molecule has 2 rings (SSSR count). The number of anilines is 1. The summed E-state index contributed by atoms with van der Waals surface area (Å²) in [5, 5.41) is 3.38. The third-order valence-electron chi connectivity index (χ3n) is 3.83. The third kappa shape index (κ3) is 4.74. The van der Waals surface area contributed by atoms with Crippen LogP contribution in [0, 0.1) is 0 Å². The first-order valence-electron chi connectivity index (χ1n) is 7.86. The van der Waals surface area contributed by atoms with Gasteiger partial charge in [0.05, 0.1) is 6.61 Å². The molecular formula is C17H26N2O2. The van der Waals surface area contributed by atoms with E-state index in [1.54, 1.807) is 0 Å². The predicted molar refractivity (Wildman–Crippen MR) is 85.7 cm³/mol. The maximum Gasteiger partial charge on any atom is 0.324 e. The minimum absolute atomic E-state index is 0.151. The minimum atomic E-state index is -0.256. The molecule has 1 aromatic rings. The predicted octanol–water partition coefficient (Wildman–Crippen LogP) is 2.37. The molecule has 0 aliphatic heterocycles. The Balaban J connectivity index is 1.97. The summed E-state index contributed by atoms with van der Waals surface area (Å²) in [6, 6.07) is 8.72. The van der Waals surface area contributed by atoms with E-state index in [-0.39, 0.29) is 12.0 Å². The van der Waals surface area contributed by atoms with Crippen LogP contribution in [0.1, 0.15) is 32.3 Å². The molecule has 1 N–H and O–H groups in total. The van der Waals surface area contributed by atoms with Gasteiger partial charge in [0.1, 0.15) is 6.04 Å². The van der Waals surface area contributed by atoms with Crippen LogP contribution in [0.2, 0.25) is 0 Å². The van der Waals surface area contributed by atoms with Crippen molar-refractivity contribution >= 4 is 11.7 Å². The zero-order valence-electron chi connectivity index (χ0n) is 13.3. The van der Waals surface area contributed by atoms with E-state index in [1.165, 1.54) is 5.56 Å². The number of hydrogen-bond donors (Lipinski definition) is 1. The second kappa shape index (κ2) is 7.46. The molecule has 4 heteroatoms. The Kier molecular flexibility index (Phi) is 5.62. The van der Waals surface area contributed by atoms with E-state index in [0.717, 1.165) is 24.9 Å². The second-order valence-corrected chi connectivity index (χ2v) is 5.65. The maximum absolute atomic E-state index is 12.1. The molecule has 1 aromatic carbocycles. The highest BCUT2D eigenvalue weighted by molar-refractivity contribution is 5.77. The summed E-state index contributed by atoms with van der Waals surface area (Å²) >= 11 is 0. The standard InChI is InChI=1S/C17H26N2O2/c1-4-13-6-10-15(11-7-13)19(3)12-16(17(20)21-5-2)18-14-8-9-14/h6-7,10-11,14,16,18H,4-5,8-9,12H2,1-3H3. The lowest BCUT2D eigenvalue weighted by Gasteiger charge is -2.25. The fourth-order valence-electron chi connectivity index (χ4n) is 2.34. The maximum atomic E-state index is 12.1. The van der Waals surface area contributed by atoms with Gasteiger partial charge >= 0.3 is 5.97 Å². The van der Waals surface area contributed by atoms with Crippen molar-refractivity contribution in [3.63, 3.8) is 0 Å². The monoisotopic (exact) mass is 290 g/mol. The van der Waals surface area contributed by atoms with Crippen molar-refractivity contribution in [2.24, 2.45) is 0 Å². The first-order valence-corrected chi connectivity index (χ1v) is 7.86. The summed E-state index contributed by atoms with van der Waals surface area (Å²) in [4.78, 5) is 14.2. The molecule has 0 bridgehead atoms.